The van der Waals surface area contributed by atoms with Crippen molar-refractivity contribution < 1.29 is 12.8 Å². The molecule has 0 aliphatic rings. The molecule has 17 heavy (non-hydrogen) atoms. The Morgan fingerprint density at radius 1 is 0.941 bits per heavy atom. The summed E-state index contributed by atoms with van der Waals surface area (Å²) >= 11 is 0. The lowest BCUT2D eigenvalue weighted by Crippen LogP contribution is -2.05. The lowest BCUT2D eigenvalue weighted by Gasteiger charge is -2.06. The monoisotopic (exact) mass is 251 g/mol. The van der Waals surface area contributed by atoms with Crippen molar-refractivity contribution >= 4 is 15.5 Å². The maximum atomic E-state index is 12.7. The summed E-state index contributed by atoms with van der Waals surface area (Å²) in [5.74, 6) is -0.481. The molecule has 0 bridgehead atoms. The molecule has 0 saturated heterocycles. The Hall–Kier alpha value is -1.88. The third-order valence-corrected chi connectivity index (χ3v) is 4.18. The number of nitrogen functional groups attached to an aromatic ring is 1. The second-order valence-electron chi connectivity index (χ2n) is 3.50. The summed E-state index contributed by atoms with van der Waals surface area (Å²) in [6.07, 6.45) is 0. The largest absolute Gasteiger partial charge is 0.398 e. The summed E-state index contributed by atoms with van der Waals surface area (Å²) in [6.45, 7) is 0. The van der Waals surface area contributed by atoms with Crippen molar-refractivity contribution in [1.82, 2.24) is 0 Å². The van der Waals surface area contributed by atoms with Crippen molar-refractivity contribution in [1.29, 1.82) is 0 Å². The minimum absolute atomic E-state index is 0.0248. The molecule has 0 aromatic heterocycles. The minimum atomic E-state index is -3.68. The lowest BCUT2D eigenvalue weighted by atomic mass is 10.3. The van der Waals surface area contributed by atoms with Gasteiger partial charge in [0.05, 0.1) is 15.5 Å². The molecule has 0 heterocycles. The zero-order chi connectivity index (χ0) is 12.5. The van der Waals surface area contributed by atoms with E-state index in [2.05, 4.69) is 0 Å². The van der Waals surface area contributed by atoms with E-state index in [0.29, 0.717) is 0 Å². The van der Waals surface area contributed by atoms with Gasteiger partial charge in [-0.05, 0) is 36.4 Å². The SMILES string of the molecule is Nc1ccccc1S(=O)(=O)c1ccc(F)cc1. The van der Waals surface area contributed by atoms with Crippen LogP contribution in [0.1, 0.15) is 0 Å². The smallest absolute Gasteiger partial charge is 0.208 e. The van der Waals surface area contributed by atoms with E-state index in [4.69, 9.17) is 5.73 Å². The molecule has 2 aromatic rings. The zero-order valence-corrected chi connectivity index (χ0v) is 9.62. The van der Waals surface area contributed by atoms with E-state index >= 15 is 0 Å². The third-order valence-electron chi connectivity index (χ3n) is 2.33. The molecule has 0 spiro atoms. The Kier molecular flexibility index (Phi) is 2.85. The fraction of sp³-hybridized carbons (Fsp3) is 0. The predicted octanol–water partition coefficient (Wildman–Crippen LogP) is 2.24. The molecule has 5 heteroatoms. The van der Waals surface area contributed by atoms with Crippen LogP contribution in [0.25, 0.3) is 0 Å². The van der Waals surface area contributed by atoms with E-state index in [0.717, 1.165) is 12.1 Å². The van der Waals surface area contributed by atoms with Gasteiger partial charge in [-0.25, -0.2) is 12.8 Å². The van der Waals surface area contributed by atoms with Crippen molar-refractivity contribution in [3.05, 3.63) is 54.3 Å². The van der Waals surface area contributed by atoms with Crippen LogP contribution < -0.4 is 5.73 Å². The number of nitrogens with two attached hydrogens (primary N) is 1. The van der Waals surface area contributed by atoms with E-state index in [9.17, 15) is 12.8 Å². The highest BCUT2D eigenvalue weighted by Crippen LogP contribution is 2.25. The Morgan fingerprint density at radius 2 is 1.53 bits per heavy atom. The molecule has 0 unspecified atom stereocenters. The van der Waals surface area contributed by atoms with Crippen LogP contribution in [0, 0.1) is 5.82 Å². The summed E-state index contributed by atoms with van der Waals surface area (Å²) in [5, 5.41) is 0. The van der Waals surface area contributed by atoms with Crippen molar-refractivity contribution in [2.24, 2.45) is 0 Å². The van der Waals surface area contributed by atoms with E-state index < -0.39 is 15.7 Å². The van der Waals surface area contributed by atoms with Gasteiger partial charge >= 0.3 is 0 Å². The van der Waals surface area contributed by atoms with E-state index in [1.165, 1.54) is 24.3 Å². The molecule has 2 rings (SSSR count). The van der Waals surface area contributed by atoms with Gasteiger partial charge < -0.3 is 5.73 Å². The van der Waals surface area contributed by atoms with Gasteiger partial charge in [0.2, 0.25) is 9.84 Å². The van der Waals surface area contributed by atoms with Crippen molar-refractivity contribution in [3.63, 3.8) is 0 Å². The van der Waals surface area contributed by atoms with E-state index in [1.54, 1.807) is 12.1 Å². The molecule has 0 atom stereocenters. The van der Waals surface area contributed by atoms with Crippen LogP contribution in [0.2, 0.25) is 0 Å². The van der Waals surface area contributed by atoms with Crippen molar-refractivity contribution in [2.45, 2.75) is 9.79 Å². The van der Waals surface area contributed by atoms with Gasteiger partial charge in [-0.1, -0.05) is 12.1 Å². The van der Waals surface area contributed by atoms with Crippen LogP contribution in [-0.4, -0.2) is 8.42 Å². The summed E-state index contributed by atoms with van der Waals surface area (Å²) in [7, 11) is -3.68. The zero-order valence-electron chi connectivity index (χ0n) is 8.80. The van der Waals surface area contributed by atoms with Crippen LogP contribution in [0.15, 0.2) is 58.3 Å². The molecule has 0 fully saturated rings. The Bertz CT molecular complexity index is 636. The molecule has 0 aliphatic carbocycles. The minimum Gasteiger partial charge on any atom is -0.398 e. The van der Waals surface area contributed by atoms with Crippen LogP contribution >= 0.6 is 0 Å². The summed E-state index contributed by atoms with van der Waals surface area (Å²) in [5.41, 5.74) is 5.80. The number of halogens is 1. The fourth-order valence-corrected chi connectivity index (χ4v) is 2.85. The molecule has 0 saturated carbocycles. The van der Waals surface area contributed by atoms with E-state index in [-0.39, 0.29) is 15.5 Å². The van der Waals surface area contributed by atoms with Crippen molar-refractivity contribution in [3.8, 4) is 0 Å². The standard InChI is InChI=1S/C12H10FNO2S/c13-9-5-7-10(8-6-9)17(15,16)12-4-2-1-3-11(12)14/h1-8H,14H2. The van der Waals surface area contributed by atoms with Gasteiger partial charge in [-0.3, -0.25) is 0 Å². The van der Waals surface area contributed by atoms with Gasteiger partial charge in [-0.15, -0.1) is 0 Å². The van der Waals surface area contributed by atoms with Gasteiger partial charge in [0.15, 0.2) is 0 Å². The Balaban J connectivity index is 2.58. The van der Waals surface area contributed by atoms with Gasteiger partial charge in [-0.2, -0.15) is 0 Å². The fourth-order valence-electron chi connectivity index (χ4n) is 1.47. The highest BCUT2D eigenvalue weighted by atomic mass is 32.2. The first-order chi connectivity index (χ1) is 8.01. The second kappa shape index (κ2) is 4.18. The van der Waals surface area contributed by atoms with Gasteiger partial charge in [0.25, 0.3) is 0 Å². The highest BCUT2D eigenvalue weighted by molar-refractivity contribution is 7.91. The molecule has 2 N–H and O–H groups in total. The summed E-state index contributed by atoms with van der Waals surface area (Å²) in [4.78, 5) is 0.0587. The van der Waals surface area contributed by atoms with Crippen LogP contribution in [0.4, 0.5) is 10.1 Å². The molecule has 0 aliphatic heterocycles. The summed E-state index contributed by atoms with van der Waals surface area (Å²) in [6, 6.07) is 10.8. The average molecular weight is 251 g/mol. The van der Waals surface area contributed by atoms with Crippen LogP contribution in [0.3, 0.4) is 0 Å². The quantitative estimate of drug-likeness (QED) is 0.657. The predicted molar refractivity (Wildman–Crippen MR) is 62.7 cm³/mol. The number of para-hydroxylation sites is 1. The molecule has 0 radical (unpaired) electrons. The molecule has 3 nitrogen and oxygen atoms in total. The third kappa shape index (κ3) is 2.14. The number of benzene rings is 2. The first-order valence-corrected chi connectivity index (χ1v) is 6.35. The van der Waals surface area contributed by atoms with Crippen LogP contribution in [0.5, 0.6) is 0 Å². The molecule has 2 aromatic carbocycles. The first kappa shape index (κ1) is 11.6. The second-order valence-corrected chi connectivity index (χ2v) is 5.41. The topological polar surface area (TPSA) is 60.2 Å². The number of rotatable bonds is 2. The Labute approximate surface area is 98.6 Å². The highest BCUT2D eigenvalue weighted by Gasteiger charge is 2.19. The maximum Gasteiger partial charge on any atom is 0.208 e. The number of sulfone groups is 1. The Morgan fingerprint density at radius 3 is 2.12 bits per heavy atom. The van der Waals surface area contributed by atoms with Gasteiger partial charge in [0.1, 0.15) is 5.82 Å². The van der Waals surface area contributed by atoms with E-state index in [1.807, 2.05) is 0 Å². The number of hydrogen-bond acceptors (Lipinski definition) is 3. The lowest BCUT2D eigenvalue weighted by molar-refractivity contribution is 0.595. The van der Waals surface area contributed by atoms with Gasteiger partial charge in [0, 0.05) is 0 Å². The first-order valence-electron chi connectivity index (χ1n) is 4.87. The van der Waals surface area contributed by atoms with Crippen LogP contribution in [-0.2, 0) is 9.84 Å². The van der Waals surface area contributed by atoms with Crippen molar-refractivity contribution in [2.75, 3.05) is 5.73 Å². The average Bonchev–Trinajstić information content (AvgIpc) is 2.30. The molecule has 88 valence electrons. The number of hydrogen-bond donors (Lipinski definition) is 1. The normalized spacial score (nSPS) is 11.4. The number of anilines is 1. The molecule has 0 amide bonds. The molecular formula is C12H10FNO2S. The summed E-state index contributed by atoms with van der Waals surface area (Å²) < 4.78 is 37.1. The molecular weight excluding hydrogens is 241 g/mol. The maximum absolute atomic E-state index is 12.7.